The fraction of sp³-hybridized carbons (Fsp3) is 0.600. The zero-order valence-corrected chi connectivity index (χ0v) is 9.18. The van der Waals surface area contributed by atoms with Crippen LogP contribution in [0.3, 0.4) is 0 Å². The Bertz CT molecular complexity index is 296. The zero-order chi connectivity index (χ0) is 11.3. The number of hydrogen-bond acceptors (Lipinski definition) is 3. The van der Waals surface area contributed by atoms with Crippen molar-refractivity contribution in [1.29, 1.82) is 0 Å². The molecule has 5 nitrogen and oxygen atoms in total. The average Bonchev–Trinajstić information content (AvgIpc) is 2.68. The van der Waals surface area contributed by atoms with E-state index < -0.39 is 6.04 Å². The first-order chi connectivity index (χ1) is 7.13. The summed E-state index contributed by atoms with van der Waals surface area (Å²) in [5, 5.41) is 2.86. The van der Waals surface area contributed by atoms with Gasteiger partial charge in [0.1, 0.15) is 0 Å². The van der Waals surface area contributed by atoms with E-state index in [4.69, 9.17) is 5.73 Å². The van der Waals surface area contributed by atoms with Crippen molar-refractivity contribution in [2.75, 3.05) is 0 Å². The highest BCUT2D eigenvalue weighted by molar-refractivity contribution is 5.81. The molecule has 2 atom stereocenters. The van der Waals surface area contributed by atoms with Gasteiger partial charge in [-0.3, -0.25) is 4.79 Å². The van der Waals surface area contributed by atoms with Crippen molar-refractivity contribution in [3.63, 3.8) is 0 Å². The summed E-state index contributed by atoms with van der Waals surface area (Å²) in [4.78, 5) is 15.4. The maximum atomic E-state index is 11.5. The van der Waals surface area contributed by atoms with Gasteiger partial charge in [0, 0.05) is 25.0 Å². The van der Waals surface area contributed by atoms with E-state index in [2.05, 4.69) is 10.3 Å². The number of amides is 1. The first kappa shape index (κ1) is 11.7. The third kappa shape index (κ3) is 3.71. The molecule has 1 unspecified atom stereocenters. The number of nitrogens with zero attached hydrogens (tertiary/aromatic N) is 2. The third-order valence-electron chi connectivity index (χ3n) is 2.21. The molecule has 15 heavy (non-hydrogen) atoms. The topological polar surface area (TPSA) is 72.9 Å². The van der Waals surface area contributed by atoms with Gasteiger partial charge in [-0.2, -0.15) is 0 Å². The number of imidazole rings is 1. The average molecular weight is 210 g/mol. The van der Waals surface area contributed by atoms with Crippen LogP contribution in [0.2, 0.25) is 0 Å². The predicted molar refractivity (Wildman–Crippen MR) is 58.1 cm³/mol. The van der Waals surface area contributed by atoms with Crippen LogP contribution in [-0.4, -0.2) is 27.5 Å². The number of hydrogen-bond donors (Lipinski definition) is 2. The first-order valence-corrected chi connectivity index (χ1v) is 5.15. The Morgan fingerprint density at radius 3 is 2.93 bits per heavy atom. The minimum atomic E-state index is -0.407. The lowest BCUT2D eigenvalue weighted by molar-refractivity contribution is -0.123. The Morgan fingerprint density at radius 1 is 1.67 bits per heavy atom. The molecule has 1 heterocycles. The van der Waals surface area contributed by atoms with Gasteiger partial charge < -0.3 is 15.6 Å². The van der Waals surface area contributed by atoms with E-state index in [9.17, 15) is 4.79 Å². The Kier molecular flexibility index (Phi) is 4.30. The molecule has 0 radical (unpaired) electrons. The summed E-state index contributed by atoms with van der Waals surface area (Å²) in [6.07, 6.45) is 5.96. The summed E-state index contributed by atoms with van der Waals surface area (Å²) in [5.41, 5.74) is 5.61. The summed E-state index contributed by atoms with van der Waals surface area (Å²) in [5.74, 6) is -0.0925. The lowest BCUT2D eigenvalue weighted by Crippen LogP contribution is -2.45. The van der Waals surface area contributed by atoms with Crippen LogP contribution >= 0.6 is 0 Å². The highest BCUT2D eigenvalue weighted by Crippen LogP contribution is 1.93. The molecule has 1 rings (SSSR count). The fourth-order valence-electron chi connectivity index (χ4n) is 1.29. The monoisotopic (exact) mass is 210 g/mol. The molecule has 0 bridgehead atoms. The van der Waals surface area contributed by atoms with Crippen LogP contribution in [0.5, 0.6) is 0 Å². The molecule has 1 aromatic heterocycles. The van der Waals surface area contributed by atoms with Crippen molar-refractivity contribution < 1.29 is 4.79 Å². The molecule has 0 aliphatic carbocycles. The van der Waals surface area contributed by atoms with Crippen LogP contribution in [0.1, 0.15) is 20.3 Å². The summed E-state index contributed by atoms with van der Waals surface area (Å²) >= 11 is 0. The highest BCUT2D eigenvalue weighted by atomic mass is 16.2. The molecular formula is C10H18N4O. The van der Waals surface area contributed by atoms with Gasteiger partial charge in [0.25, 0.3) is 0 Å². The lowest BCUT2D eigenvalue weighted by atomic mass is 10.2. The SMILES string of the molecule is CC[C@H](N)C(=O)NC(C)Cn1ccnc1. The Labute approximate surface area is 89.7 Å². The molecule has 5 heteroatoms. The molecule has 0 saturated carbocycles. The van der Waals surface area contributed by atoms with Crippen LogP contribution < -0.4 is 11.1 Å². The Balaban J connectivity index is 2.36. The molecule has 0 saturated heterocycles. The van der Waals surface area contributed by atoms with Gasteiger partial charge in [-0.15, -0.1) is 0 Å². The van der Waals surface area contributed by atoms with Crippen molar-refractivity contribution >= 4 is 5.91 Å². The van der Waals surface area contributed by atoms with Gasteiger partial charge in [-0.25, -0.2) is 4.98 Å². The zero-order valence-electron chi connectivity index (χ0n) is 9.18. The second-order valence-corrected chi connectivity index (χ2v) is 3.68. The minimum Gasteiger partial charge on any atom is -0.351 e. The molecule has 0 aliphatic heterocycles. The number of aromatic nitrogens is 2. The predicted octanol–water partition coefficient (Wildman–Crippen LogP) is 0.125. The molecule has 0 aromatic carbocycles. The van der Waals surface area contributed by atoms with Crippen LogP contribution in [0.15, 0.2) is 18.7 Å². The smallest absolute Gasteiger partial charge is 0.237 e. The van der Waals surface area contributed by atoms with E-state index in [1.165, 1.54) is 0 Å². The van der Waals surface area contributed by atoms with Crippen LogP contribution in [0, 0.1) is 0 Å². The first-order valence-electron chi connectivity index (χ1n) is 5.15. The molecule has 84 valence electrons. The molecule has 0 spiro atoms. The van der Waals surface area contributed by atoms with Gasteiger partial charge in [0.05, 0.1) is 12.4 Å². The standard InChI is InChI=1S/C10H18N4O/c1-3-9(11)10(15)13-8(2)6-14-5-4-12-7-14/h4-5,7-9H,3,6,11H2,1-2H3,(H,13,15)/t8?,9-/m0/s1. The summed E-state index contributed by atoms with van der Waals surface area (Å²) in [6, 6.07) is -0.348. The molecule has 0 fully saturated rings. The van der Waals surface area contributed by atoms with E-state index in [0.29, 0.717) is 13.0 Å². The highest BCUT2D eigenvalue weighted by Gasteiger charge is 2.13. The van der Waals surface area contributed by atoms with Gasteiger partial charge in [-0.05, 0) is 13.3 Å². The van der Waals surface area contributed by atoms with Gasteiger partial charge >= 0.3 is 0 Å². The van der Waals surface area contributed by atoms with Crippen molar-refractivity contribution in [2.24, 2.45) is 5.73 Å². The van der Waals surface area contributed by atoms with Gasteiger partial charge in [0.15, 0.2) is 0 Å². The summed E-state index contributed by atoms with van der Waals surface area (Å²) in [7, 11) is 0. The fourth-order valence-corrected chi connectivity index (χ4v) is 1.29. The number of carbonyl (C=O) groups excluding carboxylic acids is 1. The van der Waals surface area contributed by atoms with Crippen molar-refractivity contribution in [2.45, 2.75) is 38.9 Å². The number of nitrogens with two attached hydrogens (primary N) is 1. The van der Waals surface area contributed by atoms with Crippen molar-refractivity contribution in [3.8, 4) is 0 Å². The molecule has 3 N–H and O–H groups in total. The van der Waals surface area contributed by atoms with E-state index in [0.717, 1.165) is 0 Å². The Morgan fingerprint density at radius 2 is 2.40 bits per heavy atom. The molecule has 1 amide bonds. The maximum absolute atomic E-state index is 11.5. The summed E-state index contributed by atoms with van der Waals surface area (Å²) < 4.78 is 1.92. The molecule has 1 aromatic rings. The third-order valence-corrected chi connectivity index (χ3v) is 2.21. The number of carbonyl (C=O) groups is 1. The minimum absolute atomic E-state index is 0.0595. The second-order valence-electron chi connectivity index (χ2n) is 3.68. The normalized spacial score (nSPS) is 14.6. The van der Waals surface area contributed by atoms with Crippen molar-refractivity contribution in [1.82, 2.24) is 14.9 Å². The van der Waals surface area contributed by atoms with E-state index >= 15 is 0 Å². The van der Waals surface area contributed by atoms with Crippen LogP contribution in [-0.2, 0) is 11.3 Å². The van der Waals surface area contributed by atoms with Crippen LogP contribution in [0.4, 0.5) is 0 Å². The quantitative estimate of drug-likeness (QED) is 0.725. The second kappa shape index (κ2) is 5.50. The largest absolute Gasteiger partial charge is 0.351 e. The number of nitrogens with one attached hydrogen (secondary N) is 1. The van der Waals surface area contributed by atoms with E-state index in [1.807, 2.05) is 24.6 Å². The lowest BCUT2D eigenvalue weighted by Gasteiger charge is -2.16. The van der Waals surface area contributed by atoms with Crippen LogP contribution in [0.25, 0.3) is 0 Å². The van der Waals surface area contributed by atoms with E-state index in [-0.39, 0.29) is 11.9 Å². The molecule has 0 aliphatic rings. The molecular weight excluding hydrogens is 192 g/mol. The van der Waals surface area contributed by atoms with Crippen molar-refractivity contribution in [3.05, 3.63) is 18.7 Å². The maximum Gasteiger partial charge on any atom is 0.237 e. The van der Waals surface area contributed by atoms with Gasteiger partial charge in [0.2, 0.25) is 5.91 Å². The van der Waals surface area contributed by atoms with Gasteiger partial charge in [-0.1, -0.05) is 6.92 Å². The number of rotatable bonds is 5. The Hall–Kier alpha value is -1.36. The summed E-state index contributed by atoms with van der Waals surface area (Å²) in [6.45, 7) is 4.55. The van der Waals surface area contributed by atoms with E-state index in [1.54, 1.807) is 12.5 Å².